The number of carbonyl (C=O) groups excluding carboxylic acids is 1. The summed E-state index contributed by atoms with van der Waals surface area (Å²) < 4.78 is 0. The minimum absolute atomic E-state index is 0.0347. The van der Waals surface area contributed by atoms with Crippen LogP contribution in [-0.2, 0) is 4.79 Å². The van der Waals surface area contributed by atoms with Crippen LogP contribution in [0.3, 0.4) is 0 Å². The van der Waals surface area contributed by atoms with Gasteiger partial charge < -0.3 is 4.90 Å². The predicted octanol–water partition coefficient (Wildman–Crippen LogP) is 1.31. The minimum atomic E-state index is 0.0347. The van der Waals surface area contributed by atoms with Gasteiger partial charge in [0.1, 0.15) is 0 Å². The van der Waals surface area contributed by atoms with Gasteiger partial charge in [0, 0.05) is 24.2 Å². The van der Waals surface area contributed by atoms with Crippen molar-refractivity contribution in [3.8, 4) is 0 Å². The van der Waals surface area contributed by atoms with Gasteiger partial charge in [-0.2, -0.15) is 0 Å². The number of carbonyl (C=O) groups is 1. The molecule has 54 valence electrons. The predicted molar refractivity (Wildman–Crippen MR) is 40.3 cm³/mol. The summed E-state index contributed by atoms with van der Waals surface area (Å²) >= 11 is 0. The molecule has 10 heavy (non-hydrogen) atoms. The number of allylic oxidation sites excluding steroid dienone is 1. The zero-order chi connectivity index (χ0) is 7.72. The SMILES string of the molecule is C=C1CC(=C)N(CC)C1=O. The lowest BCUT2D eigenvalue weighted by Crippen LogP contribution is -2.22. The lowest BCUT2D eigenvalue weighted by atomic mass is 10.2. The highest BCUT2D eigenvalue weighted by Gasteiger charge is 2.25. The summed E-state index contributed by atoms with van der Waals surface area (Å²) in [5.74, 6) is 0.0347. The molecule has 2 nitrogen and oxygen atoms in total. The van der Waals surface area contributed by atoms with Gasteiger partial charge in [-0.15, -0.1) is 0 Å². The molecule has 0 N–H and O–H groups in total. The summed E-state index contributed by atoms with van der Waals surface area (Å²) in [4.78, 5) is 12.8. The van der Waals surface area contributed by atoms with Crippen molar-refractivity contribution in [1.82, 2.24) is 4.90 Å². The van der Waals surface area contributed by atoms with Crippen molar-refractivity contribution in [2.24, 2.45) is 0 Å². The summed E-state index contributed by atoms with van der Waals surface area (Å²) in [7, 11) is 0. The fourth-order valence-corrected chi connectivity index (χ4v) is 1.12. The zero-order valence-electron chi connectivity index (χ0n) is 6.18. The molecule has 0 bridgehead atoms. The summed E-state index contributed by atoms with van der Waals surface area (Å²) in [6, 6.07) is 0. The van der Waals surface area contributed by atoms with E-state index >= 15 is 0 Å². The van der Waals surface area contributed by atoms with Crippen LogP contribution in [0.2, 0.25) is 0 Å². The Balaban J connectivity index is 2.84. The van der Waals surface area contributed by atoms with E-state index in [9.17, 15) is 4.79 Å². The monoisotopic (exact) mass is 137 g/mol. The number of hydrogen-bond donors (Lipinski definition) is 0. The Hall–Kier alpha value is -1.05. The fraction of sp³-hybridized carbons (Fsp3) is 0.375. The van der Waals surface area contributed by atoms with Crippen LogP contribution in [0, 0.1) is 0 Å². The highest BCUT2D eigenvalue weighted by Crippen LogP contribution is 2.23. The molecule has 0 atom stereocenters. The molecule has 0 spiro atoms. The average Bonchev–Trinajstić information content (AvgIpc) is 2.09. The Morgan fingerprint density at radius 1 is 1.60 bits per heavy atom. The van der Waals surface area contributed by atoms with Crippen LogP contribution in [0.4, 0.5) is 0 Å². The second-order valence-corrected chi connectivity index (χ2v) is 2.40. The van der Waals surface area contributed by atoms with Crippen LogP contribution in [0.15, 0.2) is 24.4 Å². The topological polar surface area (TPSA) is 20.3 Å². The molecule has 2 heteroatoms. The molecule has 1 aliphatic rings. The molecular formula is C8H11NO. The van der Waals surface area contributed by atoms with Crippen molar-refractivity contribution in [1.29, 1.82) is 0 Å². The first-order chi connectivity index (χ1) is 4.66. The van der Waals surface area contributed by atoms with Crippen LogP contribution < -0.4 is 0 Å². The lowest BCUT2D eigenvalue weighted by molar-refractivity contribution is -0.123. The van der Waals surface area contributed by atoms with E-state index in [1.807, 2.05) is 6.92 Å². The van der Waals surface area contributed by atoms with E-state index in [0.29, 0.717) is 18.5 Å². The van der Waals surface area contributed by atoms with Gasteiger partial charge in [-0.1, -0.05) is 13.2 Å². The van der Waals surface area contributed by atoms with E-state index < -0.39 is 0 Å². The number of amides is 1. The molecule has 1 fully saturated rings. The van der Waals surface area contributed by atoms with Gasteiger partial charge in [-0.05, 0) is 6.92 Å². The van der Waals surface area contributed by atoms with E-state index in [2.05, 4.69) is 13.2 Å². The standard InChI is InChI=1S/C8H11NO/c1-4-9-7(3)5-6(2)8(9)10/h2-5H2,1H3. The van der Waals surface area contributed by atoms with Gasteiger partial charge in [0.15, 0.2) is 0 Å². The first-order valence-corrected chi connectivity index (χ1v) is 3.34. The quantitative estimate of drug-likeness (QED) is 0.499. The van der Waals surface area contributed by atoms with Crippen LogP contribution >= 0.6 is 0 Å². The molecule has 1 amide bonds. The molecule has 1 heterocycles. The molecule has 0 radical (unpaired) electrons. The van der Waals surface area contributed by atoms with Crippen LogP contribution in [0.25, 0.3) is 0 Å². The first-order valence-electron chi connectivity index (χ1n) is 3.34. The molecule has 0 unspecified atom stereocenters. The van der Waals surface area contributed by atoms with Gasteiger partial charge >= 0.3 is 0 Å². The van der Waals surface area contributed by atoms with E-state index in [4.69, 9.17) is 0 Å². The Morgan fingerprint density at radius 3 is 2.40 bits per heavy atom. The summed E-state index contributed by atoms with van der Waals surface area (Å²) in [6.45, 7) is 10.0. The molecule has 1 rings (SSSR count). The minimum Gasteiger partial charge on any atom is -0.313 e. The van der Waals surface area contributed by atoms with Crippen molar-refractivity contribution in [2.75, 3.05) is 6.54 Å². The molecule has 0 aromatic rings. The van der Waals surface area contributed by atoms with Gasteiger partial charge in [-0.25, -0.2) is 0 Å². The first kappa shape index (κ1) is 7.06. The van der Waals surface area contributed by atoms with Gasteiger partial charge in [0.2, 0.25) is 0 Å². The van der Waals surface area contributed by atoms with Crippen molar-refractivity contribution in [2.45, 2.75) is 13.3 Å². The van der Waals surface area contributed by atoms with Crippen molar-refractivity contribution in [3.05, 3.63) is 24.4 Å². The van der Waals surface area contributed by atoms with Crippen LogP contribution in [-0.4, -0.2) is 17.4 Å². The van der Waals surface area contributed by atoms with Gasteiger partial charge in [-0.3, -0.25) is 4.79 Å². The highest BCUT2D eigenvalue weighted by atomic mass is 16.2. The fourth-order valence-electron chi connectivity index (χ4n) is 1.12. The van der Waals surface area contributed by atoms with E-state index in [-0.39, 0.29) is 5.91 Å². The molecule has 1 saturated heterocycles. The molecule has 0 saturated carbocycles. The van der Waals surface area contributed by atoms with Crippen molar-refractivity contribution >= 4 is 5.91 Å². The summed E-state index contributed by atoms with van der Waals surface area (Å²) in [5.41, 5.74) is 1.53. The number of likely N-dealkylation sites (N-methyl/N-ethyl adjacent to an activating group) is 1. The Morgan fingerprint density at radius 2 is 2.20 bits per heavy atom. The maximum atomic E-state index is 11.1. The molecule has 1 aliphatic heterocycles. The Labute approximate surface area is 60.8 Å². The van der Waals surface area contributed by atoms with Crippen molar-refractivity contribution in [3.63, 3.8) is 0 Å². The normalized spacial score (nSPS) is 18.9. The number of hydrogen-bond acceptors (Lipinski definition) is 1. The maximum absolute atomic E-state index is 11.1. The maximum Gasteiger partial charge on any atom is 0.253 e. The lowest BCUT2D eigenvalue weighted by Gasteiger charge is -2.12. The third-order valence-electron chi connectivity index (χ3n) is 1.66. The second-order valence-electron chi connectivity index (χ2n) is 2.40. The summed E-state index contributed by atoms with van der Waals surface area (Å²) in [5, 5.41) is 0. The number of rotatable bonds is 1. The van der Waals surface area contributed by atoms with Crippen molar-refractivity contribution < 1.29 is 4.79 Å². The smallest absolute Gasteiger partial charge is 0.253 e. The second kappa shape index (κ2) is 2.29. The summed E-state index contributed by atoms with van der Waals surface area (Å²) in [6.07, 6.45) is 0.646. The van der Waals surface area contributed by atoms with Crippen LogP contribution in [0.5, 0.6) is 0 Å². The van der Waals surface area contributed by atoms with E-state index in [0.717, 1.165) is 5.70 Å². The highest BCUT2D eigenvalue weighted by molar-refractivity contribution is 5.97. The third-order valence-corrected chi connectivity index (χ3v) is 1.66. The zero-order valence-corrected chi connectivity index (χ0v) is 6.18. The van der Waals surface area contributed by atoms with Crippen LogP contribution in [0.1, 0.15) is 13.3 Å². The average molecular weight is 137 g/mol. The number of likely N-dealkylation sites (tertiary alicyclic amines) is 1. The third kappa shape index (κ3) is 0.856. The molecular weight excluding hydrogens is 126 g/mol. The van der Waals surface area contributed by atoms with E-state index in [1.165, 1.54) is 0 Å². The Kier molecular flexibility index (Phi) is 1.62. The van der Waals surface area contributed by atoms with Gasteiger partial charge in [0.05, 0.1) is 0 Å². The van der Waals surface area contributed by atoms with E-state index in [1.54, 1.807) is 4.90 Å². The largest absolute Gasteiger partial charge is 0.313 e. The van der Waals surface area contributed by atoms with Gasteiger partial charge in [0.25, 0.3) is 5.91 Å². The number of nitrogens with zero attached hydrogens (tertiary/aromatic N) is 1. The Bertz CT molecular complexity index is 205. The molecule has 0 aliphatic carbocycles. The molecule has 0 aromatic carbocycles. The molecule has 0 aromatic heterocycles.